The molecule has 0 amide bonds. The van der Waals surface area contributed by atoms with Gasteiger partial charge in [0.15, 0.2) is 0 Å². The molecule has 0 spiro atoms. The maximum absolute atomic E-state index is 12.0. The third kappa shape index (κ3) is 4.37. The van der Waals surface area contributed by atoms with Gasteiger partial charge in [0.25, 0.3) is 5.69 Å². The Morgan fingerprint density at radius 3 is 2.35 bits per heavy atom. The summed E-state index contributed by atoms with van der Waals surface area (Å²) in [7, 11) is 0. The van der Waals surface area contributed by atoms with Crippen molar-refractivity contribution < 1.29 is 19.6 Å². The Labute approximate surface area is 133 Å². The summed E-state index contributed by atoms with van der Waals surface area (Å²) in [4.78, 5) is 22.1. The highest BCUT2D eigenvalue weighted by atomic mass is 16.6. The van der Waals surface area contributed by atoms with Crippen LogP contribution in [0.4, 0.5) is 5.69 Å². The van der Waals surface area contributed by atoms with E-state index in [4.69, 9.17) is 4.74 Å². The molecule has 2 aromatic carbocycles. The fourth-order valence-corrected chi connectivity index (χ4v) is 2.07. The molecule has 0 aromatic heterocycles. The van der Waals surface area contributed by atoms with Crippen LogP contribution in [0.3, 0.4) is 0 Å². The lowest BCUT2D eigenvalue weighted by atomic mass is 9.97. The molecule has 2 atom stereocenters. The lowest BCUT2D eigenvalue weighted by Crippen LogP contribution is -2.21. The van der Waals surface area contributed by atoms with Crippen LogP contribution in [0.1, 0.15) is 24.2 Å². The molecule has 0 radical (unpaired) electrons. The van der Waals surface area contributed by atoms with Crippen molar-refractivity contribution in [2.24, 2.45) is 5.92 Å². The molecule has 6 nitrogen and oxygen atoms in total. The highest BCUT2D eigenvalue weighted by Gasteiger charge is 2.25. The SMILES string of the molecule is C[C@H](C(=O)OCc1ccccc1)[C@@H](O)c1ccc([N+](=O)[O-])cc1. The van der Waals surface area contributed by atoms with Crippen molar-refractivity contribution in [3.8, 4) is 0 Å². The minimum atomic E-state index is -1.08. The second-order valence-electron chi connectivity index (χ2n) is 5.18. The number of esters is 1. The first-order valence-electron chi connectivity index (χ1n) is 7.12. The van der Waals surface area contributed by atoms with Crippen LogP contribution in [-0.4, -0.2) is 16.0 Å². The zero-order valence-electron chi connectivity index (χ0n) is 12.6. The topological polar surface area (TPSA) is 89.7 Å². The number of aliphatic hydroxyl groups is 1. The number of hydrogen-bond donors (Lipinski definition) is 1. The molecule has 0 saturated heterocycles. The number of ether oxygens (including phenoxy) is 1. The molecule has 0 unspecified atom stereocenters. The van der Waals surface area contributed by atoms with Crippen molar-refractivity contribution in [2.75, 3.05) is 0 Å². The standard InChI is InChI=1S/C17H17NO5/c1-12(17(20)23-11-13-5-3-2-4-6-13)16(19)14-7-9-15(10-8-14)18(21)22/h2-10,12,16,19H,11H2,1H3/t12-,16+/m0/s1. The Morgan fingerprint density at radius 1 is 1.17 bits per heavy atom. The third-order valence-electron chi connectivity index (χ3n) is 3.51. The summed E-state index contributed by atoms with van der Waals surface area (Å²) in [5.74, 6) is -1.31. The average Bonchev–Trinajstić information content (AvgIpc) is 2.59. The quantitative estimate of drug-likeness (QED) is 0.503. The molecule has 2 rings (SSSR count). The van der Waals surface area contributed by atoms with Gasteiger partial charge in [-0.1, -0.05) is 30.3 Å². The van der Waals surface area contributed by atoms with Gasteiger partial charge in [-0.15, -0.1) is 0 Å². The molecule has 0 aliphatic heterocycles. The summed E-state index contributed by atoms with van der Waals surface area (Å²) in [6.45, 7) is 1.69. The molecule has 23 heavy (non-hydrogen) atoms. The Balaban J connectivity index is 1.96. The first kappa shape index (κ1) is 16.6. The van der Waals surface area contributed by atoms with E-state index >= 15 is 0 Å². The predicted molar refractivity (Wildman–Crippen MR) is 83.5 cm³/mol. The zero-order valence-corrected chi connectivity index (χ0v) is 12.6. The van der Waals surface area contributed by atoms with Crippen LogP contribution in [0.2, 0.25) is 0 Å². The van der Waals surface area contributed by atoms with E-state index in [2.05, 4.69) is 0 Å². The van der Waals surface area contributed by atoms with E-state index in [-0.39, 0.29) is 12.3 Å². The Morgan fingerprint density at radius 2 is 1.78 bits per heavy atom. The average molecular weight is 315 g/mol. The van der Waals surface area contributed by atoms with Gasteiger partial charge in [0.05, 0.1) is 16.9 Å². The first-order valence-corrected chi connectivity index (χ1v) is 7.12. The summed E-state index contributed by atoms with van der Waals surface area (Å²) in [6.07, 6.45) is -1.08. The molecule has 0 saturated carbocycles. The summed E-state index contributed by atoms with van der Waals surface area (Å²) < 4.78 is 5.19. The lowest BCUT2D eigenvalue weighted by Gasteiger charge is -2.18. The smallest absolute Gasteiger partial charge is 0.311 e. The molecule has 6 heteroatoms. The van der Waals surface area contributed by atoms with E-state index in [1.165, 1.54) is 24.3 Å². The highest BCUT2D eigenvalue weighted by Crippen LogP contribution is 2.25. The van der Waals surface area contributed by atoms with Crippen molar-refractivity contribution in [3.05, 3.63) is 75.8 Å². The lowest BCUT2D eigenvalue weighted by molar-refractivity contribution is -0.384. The van der Waals surface area contributed by atoms with Crippen molar-refractivity contribution in [1.82, 2.24) is 0 Å². The number of benzene rings is 2. The van der Waals surface area contributed by atoms with Crippen LogP contribution in [0.15, 0.2) is 54.6 Å². The number of nitro groups is 1. The minimum Gasteiger partial charge on any atom is -0.461 e. The van der Waals surface area contributed by atoms with Gasteiger partial charge in [0.2, 0.25) is 0 Å². The van der Waals surface area contributed by atoms with E-state index in [0.717, 1.165) is 5.56 Å². The number of aliphatic hydroxyl groups excluding tert-OH is 1. The van der Waals surface area contributed by atoms with Crippen LogP contribution < -0.4 is 0 Å². The molecule has 1 N–H and O–H groups in total. The fourth-order valence-electron chi connectivity index (χ4n) is 2.07. The maximum atomic E-state index is 12.0. The van der Waals surface area contributed by atoms with Crippen molar-refractivity contribution >= 4 is 11.7 Å². The maximum Gasteiger partial charge on any atom is 0.311 e. The van der Waals surface area contributed by atoms with Gasteiger partial charge >= 0.3 is 5.97 Å². The van der Waals surface area contributed by atoms with Gasteiger partial charge in [0, 0.05) is 12.1 Å². The third-order valence-corrected chi connectivity index (χ3v) is 3.51. The van der Waals surface area contributed by atoms with Gasteiger partial charge < -0.3 is 9.84 Å². The van der Waals surface area contributed by atoms with E-state index in [1.807, 2.05) is 30.3 Å². The monoisotopic (exact) mass is 315 g/mol. The Kier molecular flexibility index (Phi) is 5.43. The van der Waals surface area contributed by atoms with Gasteiger partial charge in [-0.05, 0) is 30.2 Å². The summed E-state index contributed by atoms with van der Waals surface area (Å²) in [5.41, 5.74) is 1.22. The van der Waals surface area contributed by atoms with Gasteiger partial charge in [-0.2, -0.15) is 0 Å². The van der Waals surface area contributed by atoms with Crippen LogP contribution >= 0.6 is 0 Å². The molecule has 0 fully saturated rings. The normalized spacial score (nSPS) is 13.1. The van der Waals surface area contributed by atoms with Crippen LogP contribution in [0.25, 0.3) is 0 Å². The second kappa shape index (κ2) is 7.51. The summed E-state index contributed by atoms with van der Waals surface area (Å²) >= 11 is 0. The molecular weight excluding hydrogens is 298 g/mol. The molecule has 0 aliphatic rings. The van der Waals surface area contributed by atoms with E-state index in [9.17, 15) is 20.0 Å². The van der Waals surface area contributed by atoms with E-state index in [0.29, 0.717) is 5.56 Å². The van der Waals surface area contributed by atoms with Crippen molar-refractivity contribution in [3.63, 3.8) is 0 Å². The molecule has 120 valence electrons. The fraction of sp³-hybridized carbons (Fsp3) is 0.235. The number of non-ortho nitro benzene ring substituents is 1. The predicted octanol–water partition coefficient (Wildman–Crippen LogP) is 3.01. The Hall–Kier alpha value is -2.73. The second-order valence-corrected chi connectivity index (χ2v) is 5.18. The number of nitro benzene ring substituents is 1. The van der Waals surface area contributed by atoms with E-state index < -0.39 is 22.9 Å². The number of carbonyl (C=O) groups is 1. The van der Waals surface area contributed by atoms with Crippen LogP contribution in [0, 0.1) is 16.0 Å². The minimum absolute atomic E-state index is 0.0692. The number of hydrogen-bond acceptors (Lipinski definition) is 5. The summed E-state index contributed by atoms with van der Waals surface area (Å²) in [5, 5.41) is 20.8. The summed E-state index contributed by atoms with van der Waals surface area (Å²) in [6, 6.07) is 14.7. The largest absolute Gasteiger partial charge is 0.461 e. The Bertz CT molecular complexity index is 669. The van der Waals surface area contributed by atoms with Crippen molar-refractivity contribution in [1.29, 1.82) is 0 Å². The zero-order chi connectivity index (χ0) is 16.8. The van der Waals surface area contributed by atoms with E-state index in [1.54, 1.807) is 6.92 Å². The van der Waals surface area contributed by atoms with Gasteiger partial charge in [0.1, 0.15) is 6.61 Å². The molecule has 0 bridgehead atoms. The van der Waals surface area contributed by atoms with Crippen LogP contribution in [0.5, 0.6) is 0 Å². The molecular formula is C17H17NO5. The molecule has 0 heterocycles. The van der Waals surface area contributed by atoms with Gasteiger partial charge in [-0.3, -0.25) is 14.9 Å². The number of carbonyl (C=O) groups excluding carboxylic acids is 1. The molecule has 0 aliphatic carbocycles. The highest BCUT2D eigenvalue weighted by molar-refractivity contribution is 5.73. The van der Waals surface area contributed by atoms with Crippen molar-refractivity contribution in [2.45, 2.75) is 19.6 Å². The van der Waals surface area contributed by atoms with Gasteiger partial charge in [-0.25, -0.2) is 0 Å². The number of rotatable bonds is 6. The number of nitrogens with zero attached hydrogens (tertiary/aromatic N) is 1. The first-order chi connectivity index (χ1) is 11.0. The molecule has 2 aromatic rings. The van der Waals surface area contributed by atoms with Crippen LogP contribution in [-0.2, 0) is 16.1 Å².